The molecule has 6 atom stereocenters. The number of methoxy groups -OCH3 is 1. The summed E-state index contributed by atoms with van der Waals surface area (Å²) in [4.78, 5) is 0. The third kappa shape index (κ3) is 1.91. The molecule has 2 nitrogen and oxygen atoms in total. The number of hydrogen-bond donors (Lipinski definition) is 0. The van der Waals surface area contributed by atoms with Crippen LogP contribution in [0.4, 0.5) is 0 Å². The summed E-state index contributed by atoms with van der Waals surface area (Å²) in [6.45, 7) is 2.34. The van der Waals surface area contributed by atoms with Gasteiger partial charge in [0.15, 0.2) is 0 Å². The Bertz CT molecular complexity index is 253. The monoisotopic (exact) mass is 224 g/mol. The molecule has 2 heteroatoms. The predicted octanol–water partition coefficient (Wildman–Crippen LogP) is 3.01. The highest BCUT2D eigenvalue weighted by Gasteiger charge is 2.50. The summed E-state index contributed by atoms with van der Waals surface area (Å²) in [5.41, 5.74) is 0. The third-order valence-corrected chi connectivity index (χ3v) is 5.14. The van der Waals surface area contributed by atoms with E-state index in [0.717, 1.165) is 17.8 Å². The van der Waals surface area contributed by atoms with Crippen LogP contribution in [0.3, 0.4) is 0 Å². The summed E-state index contributed by atoms with van der Waals surface area (Å²) in [5, 5.41) is 0. The zero-order valence-corrected chi connectivity index (χ0v) is 10.5. The van der Waals surface area contributed by atoms with Gasteiger partial charge in [-0.25, -0.2) is 0 Å². The smallest absolute Gasteiger partial charge is 0.0872 e. The first-order chi connectivity index (χ1) is 7.79. The van der Waals surface area contributed by atoms with Crippen LogP contribution in [0.5, 0.6) is 0 Å². The van der Waals surface area contributed by atoms with Crippen molar-refractivity contribution in [2.24, 2.45) is 17.8 Å². The molecular formula is C14H24O2. The maximum Gasteiger partial charge on any atom is 0.0872 e. The van der Waals surface area contributed by atoms with Crippen LogP contribution in [0, 0.1) is 17.8 Å². The minimum atomic E-state index is 0.498. The Morgan fingerprint density at radius 1 is 1.12 bits per heavy atom. The van der Waals surface area contributed by atoms with Gasteiger partial charge in [0.2, 0.25) is 0 Å². The van der Waals surface area contributed by atoms with E-state index < -0.39 is 0 Å². The standard InChI is InChI=1S/C14H24O2/c1-9-6-7-10(8-13(9)15-2)11-4-3-5-12-14(11)16-12/h9-14H,3-8H2,1-2H3. The van der Waals surface area contributed by atoms with Crippen LogP contribution in [0.25, 0.3) is 0 Å². The van der Waals surface area contributed by atoms with E-state index in [-0.39, 0.29) is 0 Å². The van der Waals surface area contributed by atoms with Crippen molar-refractivity contribution in [3.8, 4) is 0 Å². The first-order valence-corrected chi connectivity index (χ1v) is 6.98. The van der Waals surface area contributed by atoms with E-state index in [0.29, 0.717) is 18.3 Å². The Morgan fingerprint density at radius 2 is 2.00 bits per heavy atom. The molecule has 6 unspecified atom stereocenters. The van der Waals surface area contributed by atoms with Crippen molar-refractivity contribution in [1.29, 1.82) is 0 Å². The average Bonchev–Trinajstić information content (AvgIpc) is 3.08. The third-order valence-electron chi connectivity index (χ3n) is 5.14. The van der Waals surface area contributed by atoms with Crippen LogP contribution in [0.1, 0.15) is 45.4 Å². The lowest BCUT2D eigenvalue weighted by Gasteiger charge is -2.38. The Morgan fingerprint density at radius 3 is 2.81 bits per heavy atom. The lowest BCUT2D eigenvalue weighted by molar-refractivity contribution is -0.00502. The first-order valence-electron chi connectivity index (χ1n) is 6.98. The topological polar surface area (TPSA) is 21.8 Å². The van der Waals surface area contributed by atoms with Crippen molar-refractivity contribution in [2.45, 2.75) is 63.8 Å². The van der Waals surface area contributed by atoms with E-state index >= 15 is 0 Å². The molecule has 0 aromatic carbocycles. The summed E-state index contributed by atoms with van der Waals surface area (Å²) in [6, 6.07) is 0. The molecule has 0 radical (unpaired) electrons. The molecule has 0 spiro atoms. The Kier molecular flexibility index (Phi) is 2.97. The lowest BCUT2D eigenvalue weighted by Crippen LogP contribution is -2.35. The molecule has 0 aromatic heterocycles. The van der Waals surface area contributed by atoms with Crippen LogP contribution in [0.2, 0.25) is 0 Å². The number of fused-ring (bicyclic) bond motifs is 1. The van der Waals surface area contributed by atoms with Gasteiger partial charge in [0, 0.05) is 7.11 Å². The van der Waals surface area contributed by atoms with Crippen molar-refractivity contribution in [1.82, 2.24) is 0 Å². The zero-order valence-electron chi connectivity index (χ0n) is 10.5. The normalized spacial score (nSPS) is 52.1. The summed E-state index contributed by atoms with van der Waals surface area (Å²) in [6.07, 6.45) is 9.88. The minimum absolute atomic E-state index is 0.498. The molecule has 0 bridgehead atoms. The number of epoxide rings is 1. The Balaban J connectivity index is 1.62. The second-order valence-electron chi connectivity index (χ2n) is 6.06. The van der Waals surface area contributed by atoms with Crippen LogP contribution in [-0.4, -0.2) is 25.4 Å². The highest BCUT2D eigenvalue weighted by Crippen LogP contribution is 2.48. The summed E-state index contributed by atoms with van der Waals surface area (Å²) < 4.78 is 11.4. The SMILES string of the molecule is COC1CC(C2CCCC3OC32)CCC1C. The Labute approximate surface area is 98.7 Å². The van der Waals surface area contributed by atoms with Gasteiger partial charge >= 0.3 is 0 Å². The first kappa shape index (κ1) is 11.0. The summed E-state index contributed by atoms with van der Waals surface area (Å²) >= 11 is 0. The van der Waals surface area contributed by atoms with Gasteiger partial charge in [0.1, 0.15) is 0 Å². The van der Waals surface area contributed by atoms with E-state index in [1.54, 1.807) is 0 Å². The fourth-order valence-electron chi connectivity index (χ4n) is 4.02. The molecule has 1 aliphatic heterocycles. The van der Waals surface area contributed by atoms with Crippen molar-refractivity contribution >= 4 is 0 Å². The van der Waals surface area contributed by atoms with E-state index in [4.69, 9.17) is 9.47 Å². The molecule has 92 valence electrons. The molecule has 16 heavy (non-hydrogen) atoms. The van der Waals surface area contributed by atoms with Crippen LogP contribution in [0.15, 0.2) is 0 Å². The van der Waals surface area contributed by atoms with Gasteiger partial charge in [-0.05, 0) is 49.9 Å². The largest absolute Gasteiger partial charge is 0.381 e. The van der Waals surface area contributed by atoms with Gasteiger partial charge in [0.05, 0.1) is 18.3 Å². The molecule has 0 amide bonds. The van der Waals surface area contributed by atoms with Crippen molar-refractivity contribution in [3.05, 3.63) is 0 Å². The molecular weight excluding hydrogens is 200 g/mol. The molecule has 1 heterocycles. The highest BCUT2D eigenvalue weighted by atomic mass is 16.6. The zero-order chi connectivity index (χ0) is 11.1. The quantitative estimate of drug-likeness (QED) is 0.673. The second kappa shape index (κ2) is 4.30. The molecule has 2 aliphatic carbocycles. The lowest BCUT2D eigenvalue weighted by atomic mass is 9.70. The molecule has 3 aliphatic rings. The molecule has 3 rings (SSSR count). The number of rotatable bonds is 2. The minimum Gasteiger partial charge on any atom is -0.381 e. The molecule has 1 saturated heterocycles. The van der Waals surface area contributed by atoms with Gasteiger partial charge in [0.25, 0.3) is 0 Å². The predicted molar refractivity (Wildman–Crippen MR) is 63.3 cm³/mol. The van der Waals surface area contributed by atoms with Crippen molar-refractivity contribution < 1.29 is 9.47 Å². The van der Waals surface area contributed by atoms with Gasteiger partial charge in [-0.2, -0.15) is 0 Å². The fourth-order valence-corrected chi connectivity index (χ4v) is 4.02. The van der Waals surface area contributed by atoms with Crippen LogP contribution >= 0.6 is 0 Å². The van der Waals surface area contributed by atoms with Gasteiger partial charge < -0.3 is 9.47 Å². The van der Waals surface area contributed by atoms with E-state index in [1.165, 1.54) is 38.5 Å². The fraction of sp³-hybridized carbons (Fsp3) is 1.00. The highest BCUT2D eigenvalue weighted by molar-refractivity contribution is 4.98. The second-order valence-corrected chi connectivity index (χ2v) is 6.06. The van der Waals surface area contributed by atoms with E-state index in [9.17, 15) is 0 Å². The van der Waals surface area contributed by atoms with Gasteiger partial charge in [-0.3, -0.25) is 0 Å². The van der Waals surface area contributed by atoms with Crippen LogP contribution < -0.4 is 0 Å². The summed E-state index contributed by atoms with van der Waals surface area (Å²) in [5.74, 6) is 2.47. The molecule has 3 fully saturated rings. The molecule has 2 saturated carbocycles. The number of ether oxygens (including phenoxy) is 2. The van der Waals surface area contributed by atoms with Gasteiger partial charge in [-0.1, -0.05) is 13.3 Å². The van der Waals surface area contributed by atoms with Crippen molar-refractivity contribution in [3.63, 3.8) is 0 Å². The summed E-state index contributed by atoms with van der Waals surface area (Å²) in [7, 11) is 1.88. The van der Waals surface area contributed by atoms with Gasteiger partial charge in [-0.15, -0.1) is 0 Å². The maximum absolute atomic E-state index is 5.80. The van der Waals surface area contributed by atoms with Crippen LogP contribution in [-0.2, 0) is 9.47 Å². The average molecular weight is 224 g/mol. The van der Waals surface area contributed by atoms with E-state index in [2.05, 4.69) is 6.92 Å². The van der Waals surface area contributed by atoms with Crippen molar-refractivity contribution in [2.75, 3.05) is 7.11 Å². The van der Waals surface area contributed by atoms with E-state index in [1.807, 2.05) is 7.11 Å². The molecule has 0 N–H and O–H groups in total. The Hall–Kier alpha value is -0.0800. The molecule has 0 aromatic rings. The number of hydrogen-bond acceptors (Lipinski definition) is 2. The maximum atomic E-state index is 5.80.